The number of carbonyl (C=O) groups is 1. The molecule has 100 valence electrons. The Kier molecular flexibility index (Phi) is 7.16. The average molecular weight is 243 g/mol. The van der Waals surface area contributed by atoms with Crippen LogP contribution in [0.5, 0.6) is 0 Å². The Balaban J connectivity index is 1.97. The van der Waals surface area contributed by atoms with E-state index in [0.29, 0.717) is 19.7 Å². The zero-order valence-corrected chi connectivity index (χ0v) is 11.0. The maximum atomic E-state index is 11.6. The van der Waals surface area contributed by atoms with Crippen molar-refractivity contribution >= 4 is 5.91 Å². The van der Waals surface area contributed by atoms with Crippen LogP contribution in [-0.2, 0) is 9.53 Å². The third-order valence-corrected chi connectivity index (χ3v) is 2.67. The number of hydrogen-bond donors (Lipinski definition) is 2. The van der Waals surface area contributed by atoms with Crippen molar-refractivity contribution in [2.45, 2.75) is 26.4 Å². The second kappa shape index (κ2) is 8.44. The van der Waals surface area contributed by atoms with Crippen molar-refractivity contribution in [3.63, 3.8) is 0 Å². The van der Waals surface area contributed by atoms with Crippen LogP contribution in [-0.4, -0.2) is 62.8 Å². The zero-order chi connectivity index (χ0) is 12.5. The third-order valence-electron chi connectivity index (χ3n) is 2.67. The monoisotopic (exact) mass is 243 g/mol. The summed E-state index contributed by atoms with van der Waals surface area (Å²) in [5.41, 5.74) is 0. The Morgan fingerprint density at radius 2 is 2.12 bits per heavy atom. The molecule has 0 aromatic heterocycles. The fourth-order valence-corrected chi connectivity index (χ4v) is 1.75. The van der Waals surface area contributed by atoms with Gasteiger partial charge in [0, 0.05) is 39.3 Å². The number of nitrogens with zero attached hydrogens (tertiary/aromatic N) is 1. The highest BCUT2D eigenvalue weighted by molar-refractivity contribution is 5.77. The lowest BCUT2D eigenvalue weighted by Gasteiger charge is -2.26. The molecular weight excluding hydrogens is 218 g/mol. The van der Waals surface area contributed by atoms with Gasteiger partial charge in [0.05, 0.1) is 12.6 Å². The number of nitrogens with one attached hydrogen (secondary N) is 2. The summed E-state index contributed by atoms with van der Waals surface area (Å²) in [6.07, 6.45) is 1.15. The highest BCUT2D eigenvalue weighted by atomic mass is 16.5. The van der Waals surface area contributed by atoms with Crippen molar-refractivity contribution < 1.29 is 9.53 Å². The maximum Gasteiger partial charge on any atom is 0.234 e. The minimum atomic E-state index is 0.122. The number of rotatable bonds is 7. The van der Waals surface area contributed by atoms with Gasteiger partial charge in [-0.15, -0.1) is 0 Å². The molecule has 0 aliphatic carbocycles. The highest BCUT2D eigenvalue weighted by Crippen LogP contribution is 1.92. The van der Waals surface area contributed by atoms with Gasteiger partial charge in [0.1, 0.15) is 0 Å². The lowest BCUT2D eigenvalue weighted by Crippen LogP contribution is -2.47. The molecular formula is C12H25N3O2. The van der Waals surface area contributed by atoms with E-state index >= 15 is 0 Å². The normalized spacial score (nSPS) is 17.4. The first-order valence-electron chi connectivity index (χ1n) is 6.50. The molecule has 5 nitrogen and oxygen atoms in total. The molecule has 0 unspecified atom stereocenters. The molecule has 1 saturated heterocycles. The standard InChI is InChI=1S/C12H25N3O2/c1-11(2)17-9-3-4-14-12(16)10-15-7-5-13-6-8-15/h11,13H,3-10H2,1-2H3,(H,14,16). The Labute approximate surface area is 104 Å². The summed E-state index contributed by atoms with van der Waals surface area (Å²) in [7, 11) is 0. The molecule has 1 rings (SSSR count). The van der Waals surface area contributed by atoms with Crippen molar-refractivity contribution in [2.24, 2.45) is 0 Å². The van der Waals surface area contributed by atoms with E-state index in [-0.39, 0.29) is 12.0 Å². The summed E-state index contributed by atoms with van der Waals surface area (Å²) in [4.78, 5) is 13.8. The second-order valence-electron chi connectivity index (χ2n) is 4.65. The number of amides is 1. The van der Waals surface area contributed by atoms with Crippen molar-refractivity contribution in [2.75, 3.05) is 45.9 Å². The SMILES string of the molecule is CC(C)OCCCNC(=O)CN1CCNCC1. The van der Waals surface area contributed by atoms with E-state index in [0.717, 1.165) is 32.6 Å². The van der Waals surface area contributed by atoms with Crippen LogP contribution >= 0.6 is 0 Å². The number of ether oxygens (including phenoxy) is 1. The summed E-state index contributed by atoms with van der Waals surface area (Å²) in [6.45, 7) is 9.86. The first-order chi connectivity index (χ1) is 8.18. The molecule has 5 heteroatoms. The fourth-order valence-electron chi connectivity index (χ4n) is 1.75. The molecule has 0 aromatic carbocycles. The molecule has 0 atom stereocenters. The van der Waals surface area contributed by atoms with Gasteiger partial charge in [-0.2, -0.15) is 0 Å². The number of carbonyl (C=O) groups excluding carboxylic acids is 1. The zero-order valence-electron chi connectivity index (χ0n) is 11.0. The molecule has 2 N–H and O–H groups in total. The molecule has 0 spiro atoms. The van der Waals surface area contributed by atoms with E-state index in [2.05, 4.69) is 15.5 Å². The van der Waals surface area contributed by atoms with Crippen LogP contribution < -0.4 is 10.6 Å². The lowest BCUT2D eigenvalue weighted by atomic mass is 10.3. The average Bonchev–Trinajstić information content (AvgIpc) is 2.29. The van der Waals surface area contributed by atoms with Crippen LogP contribution in [0.15, 0.2) is 0 Å². The summed E-state index contributed by atoms with van der Waals surface area (Å²) in [5, 5.41) is 6.19. The molecule has 0 bridgehead atoms. The molecule has 1 amide bonds. The Bertz CT molecular complexity index is 216. The van der Waals surface area contributed by atoms with Crippen LogP contribution in [0.1, 0.15) is 20.3 Å². The predicted molar refractivity (Wildman–Crippen MR) is 68.0 cm³/mol. The van der Waals surface area contributed by atoms with E-state index in [1.807, 2.05) is 13.8 Å². The summed E-state index contributed by atoms with van der Waals surface area (Å²) >= 11 is 0. The van der Waals surface area contributed by atoms with E-state index < -0.39 is 0 Å². The molecule has 1 fully saturated rings. The number of piperazine rings is 1. The van der Waals surface area contributed by atoms with E-state index in [4.69, 9.17) is 4.74 Å². The fraction of sp³-hybridized carbons (Fsp3) is 0.917. The Morgan fingerprint density at radius 3 is 2.76 bits per heavy atom. The van der Waals surface area contributed by atoms with Crippen molar-refractivity contribution in [3.8, 4) is 0 Å². The first kappa shape index (κ1) is 14.4. The molecule has 0 radical (unpaired) electrons. The van der Waals surface area contributed by atoms with Gasteiger partial charge in [-0.05, 0) is 20.3 Å². The van der Waals surface area contributed by atoms with Crippen LogP contribution in [0.2, 0.25) is 0 Å². The highest BCUT2D eigenvalue weighted by Gasteiger charge is 2.12. The molecule has 1 aliphatic heterocycles. The van der Waals surface area contributed by atoms with Gasteiger partial charge < -0.3 is 15.4 Å². The van der Waals surface area contributed by atoms with Crippen LogP contribution in [0, 0.1) is 0 Å². The molecule has 1 heterocycles. The van der Waals surface area contributed by atoms with Crippen molar-refractivity contribution in [3.05, 3.63) is 0 Å². The first-order valence-corrected chi connectivity index (χ1v) is 6.50. The van der Waals surface area contributed by atoms with Gasteiger partial charge in [0.15, 0.2) is 0 Å². The van der Waals surface area contributed by atoms with Crippen molar-refractivity contribution in [1.82, 2.24) is 15.5 Å². The topological polar surface area (TPSA) is 53.6 Å². The van der Waals surface area contributed by atoms with Gasteiger partial charge in [-0.25, -0.2) is 0 Å². The van der Waals surface area contributed by atoms with E-state index in [9.17, 15) is 4.79 Å². The van der Waals surface area contributed by atoms with Gasteiger partial charge in [-0.1, -0.05) is 0 Å². The molecule has 1 aliphatic rings. The predicted octanol–water partition coefficient (Wildman–Crippen LogP) is -0.177. The van der Waals surface area contributed by atoms with Gasteiger partial charge >= 0.3 is 0 Å². The minimum Gasteiger partial charge on any atom is -0.379 e. The van der Waals surface area contributed by atoms with E-state index in [1.165, 1.54) is 0 Å². The largest absolute Gasteiger partial charge is 0.379 e. The van der Waals surface area contributed by atoms with Gasteiger partial charge in [0.25, 0.3) is 0 Å². The van der Waals surface area contributed by atoms with E-state index in [1.54, 1.807) is 0 Å². The smallest absolute Gasteiger partial charge is 0.234 e. The molecule has 0 saturated carbocycles. The maximum absolute atomic E-state index is 11.6. The van der Waals surface area contributed by atoms with Crippen molar-refractivity contribution in [1.29, 1.82) is 0 Å². The summed E-state index contributed by atoms with van der Waals surface area (Å²) in [5.74, 6) is 0.122. The van der Waals surface area contributed by atoms with Crippen LogP contribution in [0.4, 0.5) is 0 Å². The lowest BCUT2D eigenvalue weighted by molar-refractivity contribution is -0.122. The number of hydrogen-bond acceptors (Lipinski definition) is 4. The van der Waals surface area contributed by atoms with Crippen LogP contribution in [0.3, 0.4) is 0 Å². The second-order valence-corrected chi connectivity index (χ2v) is 4.65. The minimum absolute atomic E-state index is 0.122. The third kappa shape index (κ3) is 7.31. The Morgan fingerprint density at radius 1 is 1.41 bits per heavy atom. The quantitative estimate of drug-likeness (QED) is 0.609. The van der Waals surface area contributed by atoms with Gasteiger partial charge in [0.2, 0.25) is 5.91 Å². The van der Waals surface area contributed by atoms with Gasteiger partial charge in [-0.3, -0.25) is 9.69 Å². The van der Waals surface area contributed by atoms with Crippen LogP contribution in [0.25, 0.3) is 0 Å². The summed E-state index contributed by atoms with van der Waals surface area (Å²) in [6, 6.07) is 0. The summed E-state index contributed by atoms with van der Waals surface area (Å²) < 4.78 is 5.40. The molecule has 17 heavy (non-hydrogen) atoms. The Hall–Kier alpha value is -0.650. The molecule has 0 aromatic rings.